The third kappa shape index (κ3) is 3.24. The van der Waals surface area contributed by atoms with E-state index in [1.54, 1.807) is 0 Å². The zero-order valence-corrected chi connectivity index (χ0v) is 15.6. The molecule has 1 aromatic rings. The van der Waals surface area contributed by atoms with Crippen LogP contribution in [0.1, 0.15) is 40.2 Å². The monoisotopic (exact) mass is 348 g/mol. The predicted octanol–water partition coefficient (Wildman–Crippen LogP) is 3.26. The van der Waals surface area contributed by atoms with Gasteiger partial charge in [-0.05, 0) is 33.3 Å². The summed E-state index contributed by atoms with van der Waals surface area (Å²) in [7, 11) is 0. The Morgan fingerprint density at radius 1 is 0.800 bits per heavy atom. The van der Waals surface area contributed by atoms with Crippen molar-refractivity contribution in [2.75, 3.05) is 0 Å². The van der Waals surface area contributed by atoms with Crippen molar-refractivity contribution in [3.8, 4) is 0 Å². The van der Waals surface area contributed by atoms with Crippen LogP contribution in [-0.2, 0) is 30.3 Å². The van der Waals surface area contributed by atoms with Gasteiger partial charge in [0.15, 0.2) is 11.6 Å². The average molecular weight is 348 g/mol. The first kappa shape index (κ1) is 17.4. The Hall–Kier alpha value is -0.980. The van der Waals surface area contributed by atoms with Crippen LogP contribution in [0.3, 0.4) is 0 Å². The summed E-state index contributed by atoms with van der Waals surface area (Å²) >= 11 is 0. The van der Waals surface area contributed by atoms with E-state index < -0.39 is 11.6 Å². The van der Waals surface area contributed by atoms with Crippen molar-refractivity contribution < 1.29 is 23.7 Å². The summed E-state index contributed by atoms with van der Waals surface area (Å²) in [6.45, 7) is 10.5. The second kappa shape index (κ2) is 6.03. The summed E-state index contributed by atoms with van der Waals surface area (Å²) in [6, 6.07) is 10.2. The molecule has 5 nitrogen and oxygen atoms in total. The van der Waals surface area contributed by atoms with Gasteiger partial charge in [0.25, 0.3) is 0 Å². The molecule has 6 atom stereocenters. The number of hydrogen-bond acceptors (Lipinski definition) is 5. The maximum Gasteiger partial charge on any atom is 0.163 e. The van der Waals surface area contributed by atoms with Crippen LogP contribution in [0.4, 0.5) is 0 Å². The topological polar surface area (TPSA) is 46.2 Å². The van der Waals surface area contributed by atoms with Crippen LogP contribution in [0.25, 0.3) is 0 Å². The van der Waals surface area contributed by atoms with Gasteiger partial charge in [-0.3, -0.25) is 0 Å². The van der Waals surface area contributed by atoms with Crippen LogP contribution in [0.2, 0.25) is 0 Å². The summed E-state index contributed by atoms with van der Waals surface area (Å²) in [5, 5.41) is 0. The van der Waals surface area contributed by atoms with Crippen LogP contribution in [0.15, 0.2) is 30.3 Å². The van der Waals surface area contributed by atoms with Crippen molar-refractivity contribution in [1.82, 2.24) is 0 Å². The zero-order chi connectivity index (χ0) is 17.8. The fraction of sp³-hybridized carbons (Fsp3) is 0.700. The molecule has 2 heterocycles. The molecule has 2 unspecified atom stereocenters. The van der Waals surface area contributed by atoms with Crippen molar-refractivity contribution >= 4 is 0 Å². The average Bonchev–Trinajstić information content (AvgIpc) is 3.04. The molecule has 138 valence electrons. The first-order valence-corrected chi connectivity index (χ1v) is 9.13. The van der Waals surface area contributed by atoms with Crippen molar-refractivity contribution in [3.05, 3.63) is 35.9 Å². The standard InChI is InChI=1S/C20H28O5/c1-12-14-17(24-19(2,3)22-14)16(18-15(12)23-20(4,5)25-18)21-11-13-9-7-6-8-10-13/h6-10,12,14-18H,11H2,1-5H3/t12?,14-,15+,16?,17-,18-/m1/s1. The lowest BCUT2D eigenvalue weighted by molar-refractivity contribution is -0.190. The Kier molecular flexibility index (Phi) is 4.21. The van der Waals surface area contributed by atoms with E-state index in [0.29, 0.717) is 6.61 Å². The Morgan fingerprint density at radius 3 is 1.80 bits per heavy atom. The normalized spacial score (nSPS) is 41.3. The van der Waals surface area contributed by atoms with Gasteiger partial charge in [0.2, 0.25) is 0 Å². The molecular formula is C20H28O5. The molecule has 0 aromatic heterocycles. The highest BCUT2D eigenvalue weighted by atomic mass is 16.8. The minimum Gasteiger partial charge on any atom is -0.368 e. The minimum absolute atomic E-state index is 0.0606. The number of fused-ring (bicyclic) bond motifs is 2. The largest absolute Gasteiger partial charge is 0.368 e. The van der Waals surface area contributed by atoms with Gasteiger partial charge in [0.1, 0.15) is 18.3 Å². The van der Waals surface area contributed by atoms with Gasteiger partial charge in [-0.25, -0.2) is 0 Å². The Labute approximate surface area is 149 Å². The van der Waals surface area contributed by atoms with Crippen molar-refractivity contribution in [1.29, 1.82) is 0 Å². The molecule has 5 heteroatoms. The molecule has 0 spiro atoms. The zero-order valence-electron chi connectivity index (χ0n) is 15.6. The lowest BCUT2D eigenvalue weighted by Crippen LogP contribution is -2.58. The number of ether oxygens (including phenoxy) is 5. The quantitative estimate of drug-likeness (QED) is 0.839. The van der Waals surface area contributed by atoms with E-state index in [2.05, 4.69) is 19.1 Å². The molecule has 0 amide bonds. The van der Waals surface area contributed by atoms with Gasteiger partial charge in [-0.2, -0.15) is 0 Å². The highest BCUT2D eigenvalue weighted by Gasteiger charge is 2.62. The highest BCUT2D eigenvalue weighted by molar-refractivity contribution is 5.14. The SMILES string of the molecule is CC1[C@H]2OC(C)(C)O[C@H]2C(OCc2ccccc2)[C@@H]2OC(C)(C)O[C@@H]12. The Bertz CT molecular complexity index is 582. The van der Waals surface area contributed by atoms with Gasteiger partial charge in [-0.1, -0.05) is 37.3 Å². The van der Waals surface area contributed by atoms with Gasteiger partial charge in [0, 0.05) is 5.92 Å². The third-order valence-electron chi connectivity index (χ3n) is 5.30. The lowest BCUT2D eigenvalue weighted by Gasteiger charge is -2.41. The molecule has 1 aromatic carbocycles. The maximum atomic E-state index is 6.32. The molecule has 2 saturated heterocycles. The molecule has 3 fully saturated rings. The lowest BCUT2D eigenvalue weighted by atomic mass is 9.79. The molecule has 0 bridgehead atoms. The molecule has 0 N–H and O–H groups in total. The third-order valence-corrected chi connectivity index (χ3v) is 5.30. The van der Waals surface area contributed by atoms with E-state index in [1.807, 2.05) is 45.9 Å². The number of benzene rings is 1. The van der Waals surface area contributed by atoms with Gasteiger partial charge in [0.05, 0.1) is 18.8 Å². The molecule has 3 aliphatic rings. The van der Waals surface area contributed by atoms with Gasteiger partial charge >= 0.3 is 0 Å². The Balaban J connectivity index is 1.59. The van der Waals surface area contributed by atoms with Crippen LogP contribution < -0.4 is 0 Å². The van der Waals surface area contributed by atoms with E-state index in [-0.39, 0.29) is 36.4 Å². The van der Waals surface area contributed by atoms with Crippen molar-refractivity contribution in [2.24, 2.45) is 5.92 Å². The van der Waals surface area contributed by atoms with Gasteiger partial charge < -0.3 is 23.7 Å². The van der Waals surface area contributed by atoms with Crippen LogP contribution in [-0.4, -0.2) is 42.1 Å². The van der Waals surface area contributed by atoms with E-state index in [0.717, 1.165) is 5.56 Å². The van der Waals surface area contributed by atoms with Crippen molar-refractivity contribution in [2.45, 2.75) is 83.3 Å². The second-order valence-corrected chi connectivity index (χ2v) is 8.25. The number of rotatable bonds is 3. The summed E-state index contributed by atoms with van der Waals surface area (Å²) in [6.07, 6.45) is -0.668. The highest BCUT2D eigenvalue weighted by Crippen LogP contribution is 2.47. The van der Waals surface area contributed by atoms with E-state index >= 15 is 0 Å². The minimum atomic E-state index is -0.619. The smallest absolute Gasteiger partial charge is 0.163 e. The van der Waals surface area contributed by atoms with E-state index in [1.165, 1.54) is 0 Å². The van der Waals surface area contributed by atoms with Crippen LogP contribution >= 0.6 is 0 Å². The van der Waals surface area contributed by atoms with E-state index in [4.69, 9.17) is 23.7 Å². The molecule has 2 aliphatic heterocycles. The van der Waals surface area contributed by atoms with Crippen LogP contribution in [0.5, 0.6) is 0 Å². The molecule has 1 saturated carbocycles. The fourth-order valence-corrected chi connectivity index (χ4v) is 4.29. The summed E-state index contributed by atoms with van der Waals surface area (Å²) < 4.78 is 31.1. The van der Waals surface area contributed by atoms with Gasteiger partial charge in [-0.15, -0.1) is 0 Å². The first-order valence-electron chi connectivity index (χ1n) is 9.13. The fourth-order valence-electron chi connectivity index (χ4n) is 4.29. The molecule has 1 aliphatic carbocycles. The Morgan fingerprint density at radius 2 is 1.28 bits per heavy atom. The van der Waals surface area contributed by atoms with Crippen LogP contribution in [0, 0.1) is 5.92 Å². The molecule has 0 radical (unpaired) electrons. The molecule has 25 heavy (non-hydrogen) atoms. The first-order chi connectivity index (χ1) is 11.8. The van der Waals surface area contributed by atoms with E-state index in [9.17, 15) is 0 Å². The summed E-state index contributed by atoms with van der Waals surface area (Å²) in [5.41, 5.74) is 1.13. The second-order valence-electron chi connectivity index (χ2n) is 8.25. The molecular weight excluding hydrogens is 320 g/mol. The molecule has 4 rings (SSSR count). The number of hydrogen-bond donors (Lipinski definition) is 0. The maximum absolute atomic E-state index is 6.32. The van der Waals surface area contributed by atoms with Crippen molar-refractivity contribution in [3.63, 3.8) is 0 Å². The summed E-state index contributed by atoms with van der Waals surface area (Å²) in [5.74, 6) is -1.06. The predicted molar refractivity (Wildman–Crippen MR) is 91.8 cm³/mol. The summed E-state index contributed by atoms with van der Waals surface area (Å²) in [4.78, 5) is 0.